The molecule has 8 heteroatoms. The molecule has 0 spiro atoms. The average molecular weight is 502 g/mol. The Bertz CT molecular complexity index is 720. The molecule has 0 aliphatic heterocycles. The summed E-state index contributed by atoms with van der Waals surface area (Å²) in [5.41, 5.74) is 1.04. The molecule has 148 valence electrons. The zero-order valence-corrected chi connectivity index (χ0v) is 19.0. The third-order valence-electron chi connectivity index (χ3n) is 3.70. The van der Waals surface area contributed by atoms with Gasteiger partial charge in [-0.1, -0.05) is 18.2 Å². The normalized spacial score (nSPS) is 10.7. The molecule has 0 fully saturated rings. The van der Waals surface area contributed by atoms with E-state index in [2.05, 4.69) is 27.1 Å². The fraction of sp³-hybridized carbons (Fsp3) is 0.368. The van der Waals surface area contributed by atoms with E-state index in [1.54, 1.807) is 37.4 Å². The van der Waals surface area contributed by atoms with Crippen LogP contribution in [0.3, 0.4) is 0 Å². The Balaban J connectivity index is 0.00000364. The maximum absolute atomic E-state index is 11.8. The van der Waals surface area contributed by atoms with Crippen LogP contribution >= 0.6 is 35.3 Å². The monoisotopic (exact) mass is 502 g/mol. The highest BCUT2D eigenvalue weighted by Crippen LogP contribution is 2.13. The summed E-state index contributed by atoms with van der Waals surface area (Å²) in [4.78, 5) is 19.3. The highest BCUT2D eigenvalue weighted by atomic mass is 127. The summed E-state index contributed by atoms with van der Waals surface area (Å²) in [7, 11) is 5.12. The number of likely N-dealkylation sites (N-methyl/N-ethyl adjacent to an activating group) is 1. The summed E-state index contributed by atoms with van der Waals surface area (Å²) in [6, 6.07) is 12.0. The Hall–Kier alpha value is -1.81. The number of halogens is 1. The third kappa shape index (κ3) is 8.61. The van der Waals surface area contributed by atoms with Gasteiger partial charge in [-0.15, -0.1) is 35.3 Å². The number of methoxy groups -OCH3 is 1. The molecule has 2 N–H and O–H groups in total. The molecular formula is C19H27IN4O2S. The van der Waals surface area contributed by atoms with Crippen molar-refractivity contribution in [3.8, 4) is 5.75 Å². The topological polar surface area (TPSA) is 66.0 Å². The van der Waals surface area contributed by atoms with Gasteiger partial charge in [0.25, 0.3) is 0 Å². The summed E-state index contributed by atoms with van der Waals surface area (Å²) >= 11 is 1.74. The first-order chi connectivity index (χ1) is 12.6. The first-order valence-electron chi connectivity index (χ1n) is 8.46. The Kier molecular flexibility index (Phi) is 10.8. The molecule has 0 saturated heterocycles. The standard InChI is InChI=1S/C19H26N4O2S.HI/c1-23(2)18(24)14-22-19(20-10-9-17-8-5-11-26-17)21-13-15-6-4-7-16(12-15)25-3;/h4-8,11-12H,9-10,13-14H2,1-3H3,(H2,20,21,22);1H. The molecule has 0 aliphatic rings. The van der Waals surface area contributed by atoms with Crippen molar-refractivity contribution in [2.45, 2.75) is 13.0 Å². The van der Waals surface area contributed by atoms with Gasteiger partial charge in [-0.25, -0.2) is 4.99 Å². The first-order valence-corrected chi connectivity index (χ1v) is 9.34. The van der Waals surface area contributed by atoms with Crippen molar-refractivity contribution >= 4 is 47.2 Å². The largest absolute Gasteiger partial charge is 0.497 e. The Labute approximate surface area is 182 Å². The molecule has 1 aromatic carbocycles. The van der Waals surface area contributed by atoms with Crippen LogP contribution < -0.4 is 15.4 Å². The number of hydrogen-bond acceptors (Lipinski definition) is 4. The second kappa shape index (κ2) is 12.6. The fourth-order valence-electron chi connectivity index (χ4n) is 2.19. The highest BCUT2D eigenvalue weighted by Gasteiger charge is 2.06. The SMILES string of the molecule is COc1cccc(CN=C(NCCc2cccs2)NCC(=O)N(C)C)c1.I. The predicted octanol–water partition coefficient (Wildman–Crippen LogP) is 2.74. The number of benzene rings is 1. The number of amides is 1. The van der Waals surface area contributed by atoms with E-state index in [0.717, 1.165) is 24.3 Å². The molecule has 0 saturated carbocycles. The van der Waals surface area contributed by atoms with Crippen molar-refractivity contribution < 1.29 is 9.53 Å². The molecular weight excluding hydrogens is 475 g/mol. The van der Waals surface area contributed by atoms with Crippen molar-refractivity contribution in [2.24, 2.45) is 4.99 Å². The van der Waals surface area contributed by atoms with Crippen molar-refractivity contribution in [2.75, 3.05) is 34.3 Å². The van der Waals surface area contributed by atoms with E-state index in [1.807, 2.05) is 30.3 Å². The van der Waals surface area contributed by atoms with Gasteiger partial charge in [0, 0.05) is 25.5 Å². The molecule has 0 unspecified atom stereocenters. The number of hydrogen-bond donors (Lipinski definition) is 2. The maximum atomic E-state index is 11.8. The van der Waals surface area contributed by atoms with Crippen LogP contribution in [0.1, 0.15) is 10.4 Å². The van der Waals surface area contributed by atoms with Gasteiger partial charge in [0.05, 0.1) is 20.2 Å². The van der Waals surface area contributed by atoms with Crippen LogP contribution in [-0.2, 0) is 17.8 Å². The minimum absolute atomic E-state index is 0. The van der Waals surface area contributed by atoms with Gasteiger partial charge in [-0.05, 0) is 35.6 Å². The lowest BCUT2D eigenvalue weighted by molar-refractivity contribution is -0.127. The van der Waals surface area contributed by atoms with Crippen molar-refractivity contribution in [1.29, 1.82) is 0 Å². The van der Waals surface area contributed by atoms with Gasteiger partial charge in [0.2, 0.25) is 5.91 Å². The van der Waals surface area contributed by atoms with E-state index < -0.39 is 0 Å². The smallest absolute Gasteiger partial charge is 0.241 e. The van der Waals surface area contributed by atoms with E-state index in [1.165, 1.54) is 4.88 Å². The molecule has 2 rings (SSSR count). The number of nitrogens with one attached hydrogen (secondary N) is 2. The number of ether oxygens (including phenoxy) is 1. The van der Waals surface area contributed by atoms with Crippen LogP contribution in [0.25, 0.3) is 0 Å². The lowest BCUT2D eigenvalue weighted by Gasteiger charge is -2.15. The number of carbonyl (C=O) groups is 1. The maximum Gasteiger partial charge on any atom is 0.241 e. The average Bonchev–Trinajstić information content (AvgIpc) is 3.16. The summed E-state index contributed by atoms with van der Waals surface area (Å²) in [5, 5.41) is 8.46. The Morgan fingerprint density at radius 1 is 1.22 bits per heavy atom. The number of carbonyl (C=O) groups excluding carboxylic acids is 1. The summed E-state index contributed by atoms with van der Waals surface area (Å²) in [6.07, 6.45) is 0.916. The molecule has 0 aliphatic carbocycles. The van der Waals surface area contributed by atoms with Gasteiger partial charge < -0.3 is 20.3 Å². The van der Waals surface area contributed by atoms with Crippen molar-refractivity contribution in [1.82, 2.24) is 15.5 Å². The molecule has 0 atom stereocenters. The fourth-order valence-corrected chi connectivity index (χ4v) is 2.90. The van der Waals surface area contributed by atoms with E-state index in [9.17, 15) is 4.79 Å². The number of rotatable bonds is 8. The van der Waals surface area contributed by atoms with Crippen molar-refractivity contribution in [3.63, 3.8) is 0 Å². The van der Waals surface area contributed by atoms with Crippen LogP contribution in [0, 0.1) is 0 Å². The second-order valence-electron chi connectivity index (χ2n) is 5.91. The zero-order valence-electron chi connectivity index (χ0n) is 15.9. The van der Waals surface area contributed by atoms with Crippen LogP contribution in [0.2, 0.25) is 0 Å². The zero-order chi connectivity index (χ0) is 18.8. The van der Waals surface area contributed by atoms with E-state index in [0.29, 0.717) is 12.5 Å². The summed E-state index contributed by atoms with van der Waals surface area (Å²) < 4.78 is 5.24. The molecule has 1 amide bonds. The molecule has 0 radical (unpaired) electrons. The van der Waals surface area contributed by atoms with E-state index in [4.69, 9.17) is 4.74 Å². The van der Waals surface area contributed by atoms with E-state index in [-0.39, 0.29) is 36.4 Å². The number of thiophene rings is 1. The molecule has 1 heterocycles. The number of aliphatic imine (C=N–C) groups is 1. The van der Waals surface area contributed by atoms with Crippen LogP contribution in [0.15, 0.2) is 46.8 Å². The Morgan fingerprint density at radius 3 is 2.70 bits per heavy atom. The van der Waals surface area contributed by atoms with Crippen molar-refractivity contribution in [3.05, 3.63) is 52.2 Å². The second-order valence-corrected chi connectivity index (χ2v) is 6.95. The minimum atomic E-state index is -0.000799. The summed E-state index contributed by atoms with van der Waals surface area (Å²) in [5.74, 6) is 1.43. The number of guanidine groups is 1. The highest BCUT2D eigenvalue weighted by molar-refractivity contribution is 14.0. The van der Waals surface area contributed by atoms with Gasteiger partial charge in [0.1, 0.15) is 5.75 Å². The summed E-state index contributed by atoms with van der Waals surface area (Å²) in [6.45, 7) is 1.46. The third-order valence-corrected chi connectivity index (χ3v) is 4.64. The molecule has 2 aromatic rings. The van der Waals surface area contributed by atoms with E-state index >= 15 is 0 Å². The van der Waals surface area contributed by atoms with Crippen LogP contribution in [0.5, 0.6) is 5.75 Å². The van der Waals surface area contributed by atoms with Gasteiger partial charge >= 0.3 is 0 Å². The Morgan fingerprint density at radius 2 is 2.04 bits per heavy atom. The molecule has 6 nitrogen and oxygen atoms in total. The lowest BCUT2D eigenvalue weighted by atomic mass is 10.2. The predicted molar refractivity (Wildman–Crippen MR) is 122 cm³/mol. The quantitative estimate of drug-likeness (QED) is 0.331. The van der Waals surface area contributed by atoms with Gasteiger partial charge in [0.15, 0.2) is 5.96 Å². The van der Waals surface area contributed by atoms with Gasteiger partial charge in [-0.2, -0.15) is 0 Å². The minimum Gasteiger partial charge on any atom is -0.497 e. The lowest BCUT2D eigenvalue weighted by Crippen LogP contribution is -2.43. The molecule has 1 aromatic heterocycles. The molecule has 0 bridgehead atoms. The van der Waals surface area contributed by atoms with Crippen LogP contribution in [0.4, 0.5) is 0 Å². The number of nitrogens with zero attached hydrogens (tertiary/aromatic N) is 2. The first kappa shape index (κ1) is 23.2. The van der Waals surface area contributed by atoms with Gasteiger partial charge in [-0.3, -0.25) is 4.79 Å². The van der Waals surface area contributed by atoms with Crippen LogP contribution in [-0.4, -0.2) is 51.1 Å². The molecule has 27 heavy (non-hydrogen) atoms.